The van der Waals surface area contributed by atoms with Gasteiger partial charge in [-0.1, -0.05) is 0 Å². The molecule has 0 unspecified atom stereocenters. The maximum absolute atomic E-state index is 12.5. The second-order valence-corrected chi connectivity index (χ2v) is 2.26. The molecule has 1 rings (SSSR count). The first-order valence-corrected chi connectivity index (χ1v) is 3.35. The third-order valence-electron chi connectivity index (χ3n) is 1.37. The van der Waals surface area contributed by atoms with E-state index < -0.39 is 5.82 Å². The topological polar surface area (TPSA) is 39.2 Å². The van der Waals surface area contributed by atoms with Crippen molar-refractivity contribution in [2.75, 3.05) is 7.11 Å². The van der Waals surface area contributed by atoms with E-state index >= 15 is 0 Å². The Morgan fingerprint density at radius 1 is 1.67 bits per heavy atom. The maximum Gasteiger partial charge on any atom is 0.181 e. The van der Waals surface area contributed by atoms with E-state index in [1.54, 1.807) is 0 Å². The fraction of sp³-hybridized carbons (Fsp3) is 0.250. The van der Waals surface area contributed by atoms with Gasteiger partial charge in [-0.05, 0) is 0 Å². The van der Waals surface area contributed by atoms with Gasteiger partial charge in [0.2, 0.25) is 0 Å². The third-order valence-corrected chi connectivity index (χ3v) is 1.37. The van der Waals surface area contributed by atoms with Gasteiger partial charge in [0.25, 0.3) is 0 Å². The fourth-order valence-corrected chi connectivity index (χ4v) is 0.841. The van der Waals surface area contributed by atoms with Crippen LogP contribution >= 0.6 is 0 Å². The molecule has 0 aliphatic rings. The number of carbonyl (C=O) groups excluding carboxylic acids is 1. The number of ketones is 1. The normalized spacial score (nSPS) is 9.58. The van der Waals surface area contributed by atoms with Crippen LogP contribution < -0.4 is 4.74 Å². The zero-order valence-corrected chi connectivity index (χ0v) is 6.80. The van der Waals surface area contributed by atoms with E-state index in [-0.39, 0.29) is 17.2 Å². The largest absolute Gasteiger partial charge is 0.494 e. The van der Waals surface area contributed by atoms with Crippen molar-refractivity contribution in [1.29, 1.82) is 0 Å². The van der Waals surface area contributed by atoms with Gasteiger partial charge in [-0.25, -0.2) is 9.37 Å². The summed E-state index contributed by atoms with van der Waals surface area (Å²) in [5.41, 5.74) is 0.152. The van der Waals surface area contributed by atoms with Crippen LogP contribution in [0.25, 0.3) is 0 Å². The predicted molar refractivity (Wildman–Crippen MR) is 40.8 cm³/mol. The SMILES string of the molecule is COc1cc(F)cnc1C(C)=O. The second kappa shape index (κ2) is 3.30. The summed E-state index contributed by atoms with van der Waals surface area (Å²) < 4.78 is 17.3. The number of halogens is 1. The molecule has 0 N–H and O–H groups in total. The number of ether oxygens (including phenoxy) is 1. The minimum Gasteiger partial charge on any atom is -0.494 e. The number of Topliss-reactive ketones (excluding diaryl/α,β-unsaturated/α-hetero) is 1. The van der Waals surface area contributed by atoms with Gasteiger partial charge in [0, 0.05) is 13.0 Å². The number of rotatable bonds is 2. The Kier molecular flexibility index (Phi) is 2.38. The smallest absolute Gasteiger partial charge is 0.181 e. The van der Waals surface area contributed by atoms with Gasteiger partial charge in [0.1, 0.15) is 11.5 Å². The van der Waals surface area contributed by atoms with E-state index in [0.29, 0.717) is 0 Å². The fourth-order valence-electron chi connectivity index (χ4n) is 0.841. The molecule has 0 aliphatic heterocycles. The number of nitrogens with zero attached hydrogens (tertiary/aromatic N) is 1. The van der Waals surface area contributed by atoms with Crippen molar-refractivity contribution < 1.29 is 13.9 Å². The van der Waals surface area contributed by atoms with Gasteiger partial charge >= 0.3 is 0 Å². The van der Waals surface area contributed by atoms with Gasteiger partial charge in [-0.2, -0.15) is 0 Å². The molecule has 0 fully saturated rings. The summed E-state index contributed by atoms with van der Waals surface area (Å²) in [5, 5.41) is 0. The van der Waals surface area contributed by atoms with E-state index in [0.717, 1.165) is 12.3 Å². The summed E-state index contributed by atoms with van der Waals surface area (Å²) in [6.07, 6.45) is 0.985. The highest BCUT2D eigenvalue weighted by molar-refractivity contribution is 5.94. The highest BCUT2D eigenvalue weighted by Gasteiger charge is 2.09. The minimum atomic E-state index is -0.517. The molecule has 0 atom stereocenters. The molecular weight excluding hydrogens is 161 g/mol. The van der Waals surface area contributed by atoms with Gasteiger partial charge in [0.05, 0.1) is 13.3 Å². The Morgan fingerprint density at radius 2 is 2.33 bits per heavy atom. The molecule has 3 nitrogen and oxygen atoms in total. The van der Waals surface area contributed by atoms with Gasteiger partial charge in [-0.15, -0.1) is 0 Å². The van der Waals surface area contributed by atoms with Gasteiger partial charge in [-0.3, -0.25) is 4.79 Å². The lowest BCUT2D eigenvalue weighted by Crippen LogP contribution is -2.01. The second-order valence-electron chi connectivity index (χ2n) is 2.26. The number of methoxy groups -OCH3 is 1. The summed E-state index contributed by atoms with van der Waals surface area (Å²) >= 11 is 0. The van der Waals surface area contributed by atoms with Crippen molar-refractivity contribution in [3.63, 3.8) is 0 Å². The van der Waals surface area contributed by atoms with Crippen LogP contribution in [0.15, 0.2) is 12.3 Å². The number of pyridine rings is 1. The summed E-state index contributed by atoms with van der Waals surface area (Å²) in [6.45, 7) is 1.35. The Morgan fingerprint density at radius 3 is 2.83 bits per heavy atom. The maximum atomic E-state index is 12.5. The lowest BCUT2D eigenvalue weighted by molar-refractivity contribution is 0.101. The number of hydrogen-bond donors (Lipinski definition) is 0. The van der Waals surface area contributed by atoms with E-state index in [1.165, 1.54) is 14.0 Å². The van der Waals surface area contributed by atoms with Gasteiger partial charge in [0.15, 0.2) is 11.5 Å². The summed E-state index contributed by atoms with van der Waals surface area (Å²) in [5.74, 6) is -0.591. The van der Waals surface area contributed by atoms with Crippen molar-refractivity contribution in [2.24, 2.45) is 0 Å². The predicted octanol–water partition coefficient (Wildman–Crippen LogP) is 1.43. The van der Waals surface area contributed by atoms with Crippen LogP contribution in [0.1, 0.15) is 17.4 Å². The molecule has 0 bridgehead atoms. The molecule has 64 valence electrons. The molecule has 0 amide bonds. The van der Waals surface area contributed by atoms with E-state index in [4.69, 9.17) is 4.74 Å². The van der Waals surface area contributed by atoms with Crippen LogP contribution in [0, 0.1) is 5.82 Å². The molecule has 1 heterocycles. The molecule has 12 heavy (non-hydrogen) atoms. The Labute approximate surface area is 69.2 Å². The summed E-state index contributed by atoms with van der Waals surface area (Å²) in [6, 6.07) is 1.13. The summed E-state index contributed by atoms with van der Waals surface area (Å²) in [4.78, 5) is 14.5. The zero-order chi connectivity index (χ0) is 9.14. The minimum absolute atomic E-state index is 0.152. The van der Waals surface area contributed by atoms with Crippen molar-refractivity contribution in [1.82, 2.24) is 4.98 Å². The van der Waals surface area contributed by atoms with Crippen LogP contribution in [0.5, 0.6) is 5.75 Å². The van der Waals surface area contributed by atoms with E-state index in [1.807, 2.05) is 0 Å². The number of hydrogen-bond acceptors (Lipinski definition) is 3. The first kappa shape index (κ1) is 8.64. The average Bonchev–Trinajstić information content (AvgIpc) is 2.03. The van der Waals surface area contributed by atoms with Crippen LogP contribution in [0.2, 0.25) is 0 Å². The standard InChI is InChI=1S/C8H8FNO2/c1-5(11)8-7(12-2)3-6(9)4-10-8/h3-4H,1-2H3. The first-order chi connectivity index (χ1) is 5.65. The number of aromatic nitrogens is 1. The molecule has 0 aliphatic carbocycles. The van der Waals surface area contributed by atoms with Crippen LogP contribution in [-0.4, -0.2) is 17.9 Å². The molecule has 4 heteroatoms. The van der Waals surface area contributed by atoms with E-state index in [9.17, 15) is 9.18 Å². The van der Waals surface area contributed by atoms with Crippen molar-refractivity contribution >= 4 is 5.78 Å². The molecule has 0 aromatic carbocycles. The first-order valence-electron chi connectivity index (χ1n) is 3.35. The van der Waals surface area contributed by atoms with Crippen LogP contribution in [0.4, 0.5) is 4.39 Å². The monoisotopic (exact) mass is 169 g/mol. The lowest BCUT2D eigenvalue weighted by atomic mass is 10.2. The molecule has 0 saturated heterocycles. The zero-order valence-electron chi connectivity index (χ0n) is 6.80. The number of carbonyl (C=O) groups is 1. The quantitative estimate of drug-likeness (QED) is 0.628. The highest BCUT2D eigenvalue weighted by Crippen LogP contribution is 2.16. The lowest BCUT2D eigenvalue weighted by Gasteiger charge is -2.03. The van der Waals surface area contributed by atoms with Crippen LogP contribution in [0.3, 0.4) is 0 Å². The highest BCUT2D eigenvalue weighted by atomic mass is 19.1. The Balaban J connectivity index is 3.20. The van der Waals surface area contributed by atoms with Crippen LogP contribution in [-0.2, 0) is 0 Å². The molecule has 0 radical (unpaired) electrons. The summed E-state index contributed by atoms with van der Waals surface area (Å²) in [7, 11) is 1.36. The molecular formula is C8H8FNO2. The van der Waals surface area contributed by atoms with Crippen molar-refractivity contribution in [3.8, 4) is 5.75 Å². The van der Waals surface area contributed by atoms with E-state index in [2.05, 4.69) is 4.98 Å². The average molecular weight is 169 g/mol. The Hall–Kier alpha value is -1.45. The molecule has 1 aromatic rings. The van der Waals surface area contributed by atoms with Crippen molar-refractivity contribution in [3.05, 3.63) is 23.8 Å². The Bertz CT molecular complexity index is 312. The third kappa shape index (κ3) is 1.58. The van der Waals surface area contributed by atoms with Gasteiger partial charge < -0.3 is 4.74 Å². The van der Waals surface area contributed by atoms with Crippen molar-refractivity contribution in [2.45, 2.75) is 6.92 Å². The molecule has 0 spiro atoms. The molecule has 1 aromatic heterocycles. The molecule has 0 saturated carbocycles.